The number of hydrogen-bond acceptors (Lipinski definition) is 7. The zero-order valence-electron chi connectivity index (χ0n) is 16.2. The minimum Gasteiger partial charge on any atom is -0.452 e. The first kappa shape index (κ1) is 22.7. The third kappa shape index (κ3) is 5.38. The second kappa shape index (κ2) is 9.88. The summed E-state index contributed by atoms with van der Waals surface area (Å²) in [5.41, 5.74) is 0.866. The molecule has 30 heavy (non-hydrogen) atoms. The fraction of sp³-hybridized carbons (Fsp3) is 0.368. The standard InChI is InChI=1S/C19H21ClN2O6S2/c1-21(11-14-4-9-29-13-14)18(23)12-28-19(24)16-10-15(2-3-17(16)20)30(25,26)22-5-7-27-8-6-22/h2-4,9-10,13H,5-8,11-12H2,1H3. The molecule has 0 N–H and O–H groups in total. The van der Waals surface area contributed by atoms with Crippen LogP contribution in [-0.4, -0.2) is 69.5 Å². The minimum absolute atomic E-state index is 0.0417. The van der Waals surface area contributed by atoms with Crippen LogP contribution in [0.15, 0.2) is 39.9 Å². The summed E-state index contributed by atoms with van der Waals surface area (Å²) in [6, 6.07) is 5.75. The van der Waals surface area contributed by atoms with Gasteiger partial charge >= 0.3 is 5.97 Å². The number of nitrogens with zero attached hydrogens (tertiary/aromatic N) is 2. The second-order valence-electron chi connectivity index (χ2n) is 6.62. The van der Waals surface area contributed by atoms with Crippen LogP contribution in [0.3, 0.4) is 0 Å². The number of ether oxygens (including phenoxy) is 2. The molecule has 2 heterocycles. The monoisotopic (exact) mass is 472 g/mol. The van der Waals surface area contributed by atoms with E-state index in [2.05, 4.69) is 0 Å². The van der Waals surface area contributed by atoms with Crippen molar-refractivity contribution >= 4 is 44.8 Å². The highest BCUT2D eigenvalue weighted by molar-refractivity contribution is 7.89. The molecule has 1 aliphatic heterocycles. The van der Waals surface area contributed by atoms with Crippen LogP contribution >= 0.6 is 22.9 Å². The summed E-state index contributed by atoms with van der Waals surface area (Å²) in [4.78, 5) is 26.1. The highest BCUT2D eigenvalue weighted by Gasteiger charge is 2.28. The molecule has 162 valence electrons. The summed E-state index contributed by atoms with van der Waals surface area (Å²) in [6.45, 7) is 1.00. The molecule has 3 rings (SSSR count). The maximum absolute atomic E-state index is 12.8. The number of thiophene rings is 1. The van der Waals surface area contributed by atoms with Gasteiger partial charge in [0.25, 0.3) is 5.91 Å². The van der Waals surface area contributed by atoms with Crippen molar-refractivity contribution in [3.63, 3.8) is 0 Å². The van der Waals surface area contributed by atoms with Crippen LogP contribution in [0.1, 0.15) is 15.9 Å². The third-order valence-corrected chi connectivity index (χ3v) is 7.47. The van der Waals surface area contributed by atoms with Crippen LogP contribution in [0, 0.1) is 0 Å². The molecule has 1 aliphatic rings. The number of likely N-dealkylation sites (N-methyl/N-ethyl adjacent to an activating group) is 1. The topological polar surface area (TPSA) is 93.2 Å². The van der Waals surface area contributed by atoms with Crippen molar-refractivity contribution < 1.29 is 27.5 Å². The van der Waals surface area contributed by atoms with E-state index in [0.717, 1.165) is 5.56 Å². The van der Waals surface area contributed by atoms with Crippen molar-refractivity contribution in [1.82, 2.24) is 9.21 Å². The Labute approximate surface area is 184 Å². The lowest BCUT2D eigenvalue weighted by molar-refractivity contribution is -0.133. The summed E-state index contributed by atoms with van der Waals surface area (Å²) in [7, 11) is -2.19. The van der Waals surface area contributed by atoms with Gasteiger partial charge in [-0.25, -0.2) is 13.2 Å². The van der Waals surface area contributed by atoms with Gasteiger partial charge in [0, 0.05) is 26.7 Å². The zero-order chi connectivity index (χ0) is 21.7. The average molecular weight is 473 g/mol. The Kier molecular flexibility index (Phi) is 7.48. The lowest BCUT2D eigenvalue weighted by Gasteiger charge is -2.26. The first-order valence-corrected chi connectivity index (χ1v) is 11.8. The van der Waals surface area contributed by atoms with Gasteiger partial charge in [-0.1, -0.05) is 11.6 Å². The Morgan fingerprint density at radius 3 is 2.67 bits per heavy atom. The molecule has 1 fully saturated rings. The van der Waals surface area contributed by atoms with Crippen LogP contribution in [0.4, 0.5) is 0 Å². The van der Waals surface area contributed by atoms with E-state index in [-0.39, 0.29) is 34.5 Å². The van der Waals surface area contributed by atoms with Gasteiger partial charge in [0.15, 0.2) is 6.61 Å². The van der Waals surface area contributed by atoms with Gasteiger partial charge in [-0.3, -0.25) is 4.79 Å². The minimum atomic E-state index is -3.80. The van der Waals surface area contributed by atoms with Gasteiger partial charge in [-0.15, -0.1) is 0 Å². The number of amides is 1. The van der Waals surface area contributed by atoms with Crippen LogP contribution in [0.2, 0.25) is 5.02 Å². The van der Waals surface area contributed by atoms with E-state index in [9.17, 15) is 18.0 Å². The normalized spacial score (nSPS) is 15.0. The van der Waals surface area contributed by atoms with E-state index < -0.39 is 22.6 Å². The summed E-state index contributed by atoms with van der Waals surface area (Å²) in [6.07, 6.45) is 0. The molecule has 0 bridgehead atoms. The lowest BCUT2D eigenvalue weighted by Crippen LogP contribution is -2.40. The predicted molar refractivity (Wildman–Crippen MR) is 112 cm³/mol. The molecule has 0 unspecified atom stereocenters. The van der Waals surface area contributed by atoms with Crippen molar-refractivity contribution in [2.45, 2.75) is 11.4 Å². The van der Waals surface area contributed by atoms with E-state index in [1.54, 1.807) is 7.05 Å². The Bertz CT molecular complexity index is 1000. The summed E-state index contributed by atoms with van der Waals surface area (Å²) in [5.74, 6) is -1.25. The Morgan fingerprint density at radius 2 is 2.00 bits per heavy atom. The maximum atomic E-state index is 12.8. The van der Waals surface area contributed by atoms with Crippen LogP contribution in [0.5, 0.6) is 0 Å². The number of carbonyl (C=O) groups excluding carboxylic acids is 2. The number of halogens is 1. The quantitative estimate of drug-likeness (QED) is 0.574. The van der Waals surface area contributed by atoms with Crippen LogP contribution in [-0.2, 0) is 30.8 Å². The Hall–Kier alpha value is -1.98. The molecule has 0 radical (unpaired) electrons. The van der Waals surface area contributed by atoms with E-state index in [0.29, 0.717) is 19.8 Å². The molecular formula is C19H21ClN2O6S2. The highest BCUT2D eigenvalue weighted by atomic mass is 35.5. The second-order valence-corrected chi connectivity index (χ2v) is 9.74. The molecule has 0 atom stereocenters. The highest BCUT2D eigenvalue weighted by Crippen LogP contribution is 2.24. The molecule has 8 nitrogen and oxygen atoms in total. The molecule has 2 aromatic rings. The van der Waals surface area contributed by atoms with E-state index in [1.807, 2.05) is 16.8 Å². The first-order valence-electron chi connectivity index (χ1n) is 9.08. The number of carbonyl (C=O) groups is 2. The largest absolute Gasteiger partial charge is 0.452 e. The van der Waals surface area contributed by atoms with Crippen LogP contribution < -0.4 is 0 Å². The maximum Gasteiger partial charge on any atom is 0.340 e. The van der Waals surface area contributed by atoms with Gasteiger partial charge in [0.05, 0.1) is 28.7 Å². The van der Waals surface area contributed by atoms with E-state index in [4.69, 9.17) is 21.1 Å². The molecule has 0 aliphatic carbocycles. The fourth-order valence-corrected chi connectivity index (χ4v) is 5.11. The Morgan fingerprint density at radius 1 is 1.27 bits per heavy atom. The number of rotatable bonds is 7. The lowest BCUT2D eigenvalue weighted by atomic mass is 10.2. The molecule has 1 amide bonds. The van der Waals surface area contributed by atoms with Gasteiger partial charge in [-0.2, -0.15) is 15.6 Å². The van der Waals surface area contributed by atoms with Crippen molar-refractivity contribution in [2.24, 2.45) is 0 Å². The molecule has 0 saturated carbocycles. The van der Waals surface area contributed by atoms with Gasteiger partial charge < -0.3 is 14.4 Å². The summed E-state index contributed by atoms with van der Waals surface area (Å²) in [5, 5.41) is 3.88. The van der Waals surface area contributed by atoms with Gasteiger partial charge in [0.2, 0.25) is 10.0 Å². The first-order chi connectivity index (χ1) is 14.3. The third-order valence-electron chi connectivity index (χ3n) is 4.52. The number of sulfonamides is 1. The summed E-state index contributed by atoms with van der Waals surface area (Å²) >= 11 is 7.60. The van der Waals surface area contributed by atoms with Crippen molar-refractivity contribution in [3.8, 4) is 0 Å². The zero-order valence-corrected chi connectivity index (χ0v) is 18.6. The van der Waals surface area contributed by atoms with E-state index >= 15 is 0 Å². The van der Waals surface area contributed by atoms with E-state index in [1.165, 1.54) is 38.7 Å². The SMILES string of the molecule is CN(Cc1ccsc1)C(=O)COC(=O)c1cc(S(=O)(=O)N2CCOCC2)ccc1Cl. The number of morpholine rings is 1. The smallest absolute Gasteiger partial charge is 0.340 e. The van der Waals surface area contributed by atoms with Gasteiger partial charge in [-0.05, 0) is 40.6 Å². The molecule has 1 saturated heterocycles. The fourth-order valence-electron chi connectivity index (χ4n) is 2.82. The van der Waals surface area contributed by atoms with Gasteiger partial charge in [0.1, 0.15) is 0 Å². The van der Waals surface area contributed by atoms with Crippen molar-refractivity contribution in [1.29, 1.82) is 0 Å². The molecule has 1 aromatic carbocycles. The number of esters is 1. The van der Waals surface area contributed by atoms with Crippen molar-refractivity contribution in [2.75, 3.05) is 40.0 Å². The molecule has 11 heteroatoms. The average Bonchev–Trinajstić information content (AvgIpc) is 3.25. The molecule has 0 spiro atoms. The molecule has 1 aromatic heterocycles. The summed E-state index contributed by atoms with van der Waals surface area (Å²) < 4.78 is 37.1. The Balaban J connectivity index is 1.66. The van der Waals surface area contributed by atoms with Crippen molar-refractivity contribution in [3.05, 3.63) is 51.2 Å². The number of hydrogen-bond donors (Lipinski definition) is 0. The van der Waals surface area contributed by atoms with Crippen LogP contribution in [0.25, 0.3) is 0 Å². The number of benzene rings is 1. The predicted octanol–water partition coefficient (Wildman–Crippen LogP) is 2.24. The molecular weight excluding hydrogens is 452 g/mol.